The first-order valence-corrected chi connectivity index (χ1v) is 22.7. The van der Waals surface area contributed by atoms with Gasteiger partial charge in [0.15, 0.2) is 5.78 Å². The van der Waals surface area contributed by atoms with Gasteiger partial charge in [0.05, 0.1) is 20.1 Å². The fourth-order valence-corrected chi connectivity index (χ4v) is 9.97. The van der Waals surface area contributed by atoms with Crippen LogP contribution in [0.5, 0.6) is 0 Å². The molecular formula is C51H59N5O8. The normalized spacial score (nSPS) is 17.6. The number of benzene rings is 4. The number of likely N-dealkylation sites (tertiary alicyclic amines) is 2. The fraction of sp³-hybridized carbons (Fsp3) is 0.412. The maximum absolute atomic E-state index is 14.4. The molecule has 0 radical (unpaired) electrons. The number of methoxy groups -OCH3 is 1. The number of nitrogens with one attached hydrogen (secondary N) is 2. The number of hydrogen-bond acceptors (Lipinski definition) is 7. The molecule has 13 heteroatoms. The quantitative estimate of drug-likeness (QED) is 0.0885. The first kappa shape index (κ1) is 45.5. The minimum Gasteiger partial charge on any atom is -0.465 e. The van der Waals surface area contributed by atoms with Crippen LogP contribution in [0.25, 0.3) is 11.1 Å². The molecule has 7 rings (SSSR count). The Morgan fingerprint density at radius 2 is 1.47 bits per heavy atom. The molecule has 0 spiro atoms. The minimum absolute atomic E-state index is 0.0533. The number of Topliss-reactive ketones (excluding diaryl/α,β-unsaturated/α-hetero) is 1. The van der Waals surface area contributed by atoms with E-state index in [0.717, 1.165) is 79.2 Å². The highest BCUT2D eigenvalue weighted by atomic mass is 16.5. The van der Waals surface area contributed by atoms with Crippen LogP contribution in [0.4, 0.5) is 21.0 Å². The van der Waals surface area contributed by atoms with E-state index < -0.39 is 47.7 Å². The Balaban J connectivity index is 1.23. The van der Waals surface area contributed by atoms with E-state index in [2.05, 4.69) is 24.5 Å². The molecule has 2 fully saturated rings. The van der Waals surface area contributed by atoms with Gasteiger partial charge in [0.2, 0.25) is 11.8 Å². The van der Waals surface area contributed by atoms with Gasteiger partial charge in [0, 0.05) is 29.8 Å². The number of nitrogens with zero attached hydrogens (tertiary/aromatic N) is 3. The van der Waals surface area contributed by atoms with Gasteiger partial charge in [0.1, 0.15) is 18.2 Å². The van der Waals surface area contributed by atoms with Crippen molar-refractivity contribution in [1.82, 2.24) is 15.1 Å². The molecule has 0 bridgehead atoms. The molecule has 3 aliphatic rings. The van der Waals surface area contributed by atoms with E-state index in [1.807, 2.05) is 66.7 Å². The summed E-state index contributed by atoms with van der Waals surface area (Å²) >= 11 is 0. The van der Waals surface area contributed by atoms with Gasteiger partial charge in [-0.15, -0.1) is 0 Å². The third-order valence-electron chi connectivity index (χ3n) is 13.1. The molecule has 0 unspecified atom stereocenters. The van der Waals surface area contributed by atoms with Gasteiger partial charge in [-0.05, 0) is 83.3 Å². The van der Waals surface area contributed by atoms with Crippen molar-refractivity contribution >= 4 is 47.1 Å². The van der Waals surface area contributed by atoms with Crippen molar-refractivity contribution in [2.45, 2.75) is 115 Å². The lowest BCUT2D eigenvalue weighted by molar-refractivity contribution is -0.136. The number of carbonyl (C=O) groups excluding carboxylic acids is 5. The standard InChI is InChI=1S/C51H59N5O8/c1-4-6-14-26-51(27-15-7-5-2)41-30-36(52-47(59)43-32-38(57)33-55(43)45(58)29-34-17-10-8-11-18-34)22-24-39(41)40-25-23-37(31-42(40)51)56(50(62)63)44-21-16-28-54(44)48(60)46(53-49(61)64-3)35-19-12-9-13-20-35/h8-13,17-20,22-25,30-31,43-44,46H,4-7,14-16,21,26-29,32-33H2,1-3H3,(H,52,59)(H,53,61)(H,62,63)/t43-,44-,46+/m0/s1. The summed E-state index contributed by atoms with van der Waals surface area (Å²) in [5.74, 6) is -1.30. The van der Waals surface area contributed by atoms with E-state index in [9.17, 15) is 33.9 Å². The van der Waals surface area contributed by atoms with Gasteiger partial charge in [0.25, 0.3) is 5.91 Å². The maximum Gasteiger partial charge on any atom is 0.413 e. The number of ketones is 1. The number of carboxylic acid groups (broad SMARTS) is 1. The Bertz CT molecular complexity index is 2340. The molecule has 3 N–H and O–H groups in total. The molecule has 336 valence electrons. The smallest absolute Gasteiger partial charge is 0.413 e. The second kappa shape index (κ2) is 20.3. The molecule has 2 aliphatic heterocycles. The van der Waals surface area contributed by atoms with Crippen LogP contribution in [0.2, 0.25) is 0 Å². The van der Waals surface area contributed by atoms with Gasteiger partial charge < -0.3 is 30.3 Å². The number of anilines is 2. The molecule has 4 aromatic rings. The van der Waals surface area contributed by atoms with Gasteiger partial charge in [-0.2, -0.15) is 0 Å². The predicted molar refractivity (Wildman–Crippen MR) is 245 cm³/mol. The lowest BCUT2D eigenvalue weighted by Crippen LogP contribution is -2.53. The third kappa shape index (κ3) is 9.53. The summed E-state index contributed by atoms with van der Waals surface area (Å²) in [5.41, 5.74) is 5.87. The zero-order valence-electron chi connectivity index (χ0n) is 37.0. The average molecular weight is 870 g/mol. The van der Waals surface area contributed by atoms with E-state index in [1.165, 1.54) is 16.9 Å². The zero-order valence-corrected chi connectivity index (χ0v) is 37.0. The summed E-state index contributed by atoms with van der Waals surface area (Å²) in [6.07, 6.45) is 5.64. The van der Waals surface area contributed by atoms with Crippen LogP contribution in [-0.2, 0) is 35.8 Å². The lowest BCUT2D eigenvalue weighted by Gasteiger charge is -2.37. The second-order valence-corrected chi connectivity index (χ2v) is 17.2. The van der Waals surface area contributed by atoms with Crippen molar-refractivity contribution < 1.29 is 38.6 Å². The van der Waals surface area contributed by atoms with Crippen molar-refractivity contribution in [2.24, 2.45) is 0 Å². The van der Waals surface area contributed by atoms with Crippen LogP contribution in [0, 0.1) is 0 Å². The summed E-state index contributed by atoms with van der Waals surface area (Å²) < 4.78 is 4.87. The summed E-state index contributed by atoms with van der Waals surface area (Å²) in [7, 11) is 1.23. The van der Waals surface area contributed by atoms with E-state index >= 15 is 0 Å². The number of ether oxygens (including phenoxy) is 1. The highest BCUT2D eigenvalue weighted by Crippen LogP contribution is 2.56. The number of alkyl carbamates (subject to hydrolysis) is 1. The summed E-state index contributed by atoms with van der Waals surface area (Å²) in [5, 5.41) is 16.7. The van der Waals surface area contributed by atoms with Crippen LogP contribution >= 0.6 is 0 Å². The number of carbonyl (C=O) groups is 6. The first-order valence-electron chi connectivity index (χ1n) is 22.7. The van der Waals surface area contributed by atoms with E-state index in [0.29, 0.717) is 36.3 Å². The SMILES string of the molecule is CCCCCC1(CCCCC)c2cc(NC(=O)[C@@H]3CC(=O)CN3C(=O)Cc3ccccc3)ccc2-c2ccc(N(C(=O)O)[C@H]3CCCN3C(=O)[C@H](NC(=O)OC)c3ccccc3)cc21. The van der Waals surface area contributed by atoms with Gasteiger partial charge in [-0.1, -0.05) is 125 Å². The minimum atomic E-state index is -1.20. The molecule has 13 nitrogen and oxygen atoms in total. The van der Waals surface area contributed by atoms with Crippen LogP contribution in [0.1, 0.15) is 113 Å². The first-order chi connectivity index (χ1) is 31.0. The molecule has 3 atom stereocenters. The molecule has 0 saturated carbocycles. The predicted octanol–water partition coefficient (Wildman–Crippen LogP) is 9.00. The molecule has 1 aliphatic carbocycles. The van der Waals surface area contributed by atoms with Crippen molar-refractivity contribution in [2.75, 3.05) is 30.4 Å². The van der Waals surface area contributed by atoms with E-state index in [4.69, 9.17) is 4.74 Å². The highest BCUT2D eigenvalue weighted by Gasteiger charge is 2.45. The summed E-state index contributed by atoms with van der Waals surface area (Å²) in [6.45, 7) is 4.52. The molecular weight excluding hydrogens is 811 g/mol. The van der Waals surface area contributed by atoms with E-state index in [-0.39, 0.29) is 31.1 Å². The number of amides is 5. The maximum atomic E-state index is 14.4. The fourth-order valence-electron chi connectivity index (χ4n) is 9.97. The van der Waals surface area contributed by atoms with Crippen LogP contribution in [-0.4, -0.2) is 83.0 Å². The molecule has 2 heterocycles. The summed E-state index contributed by atoms with van der Waals surface area (Å²) in [6, 6.07) is 27.7. The molecule has 5 amide bonds. The van der Waals surface area contributed by atoms with Gasteiger partial charge in [-0.25, -0.2) is 9.59 Å². The number of unbranched alkanes of at least 4 members (excludes halogenated alkanes) is 4. The Morgan fingerprint density at radius 1 is 0.828 bits per heavy atom. The number of fused-ring (bicyclic) bond motifs is 3. The third-order valence-corrected chi connectivity index (χ3v) is 13.1. The Hall–Kier alpha value is -6.50. The van der Waals surface area contributed by atoms with Crippen molar-refractivity contribution in [3.05, 3.63) is 119 Å². The zero-order chi connectivity index (χ0) is 45.4. The Morgan fingerprint density at radius 3 is 2.11 bits per heavy atom. The molecule has 64 heavy (non-hydrogen) atoms. The molecule has 0 aromatic heterocycles. The molecule has 2 saturated heterocycles. The average Bonchev–Trinajstić information content (AvgIpc) is 4.01. The number of hydrogen-bond donors (Lipinski definition) is 3. The van der Waals surface area contributed by atoms with Crippen molar-refractivity contribution in [1.29, 1.82) is 0 Å². The van der Waals surface area contributed by atoms with Crippen molar-refractivity contribution in [3.63, 3.8) is 0 Å². The highest BCUT2D eigenvalue weighted by molar-refractivity contribution is 6.04. The van der Waals surface area contributed by atoms with E-state index in [1.54, 1.807) is 35.2 Å². The summed E-state index contributed by atoms with van der Waals surface area (Å²) in [4.78, 5) is 84.8. The topological polar surface area (TPSA) is 166 Å². The van der Waals surface area contributed by atoms with Crippen LogP contribution in [0.3, 0.4) is 0 Å². The second-order valence-electron chi connectivity index (χ2n) is 17.2. The monoisotopic (exact) mass is 869 g/mol. The lowest BCUT2D eigenvalue weighted by atomic mass is 9.70. The Kier molecular flexibility index (Phi) is 14.5. The van der Waals surface area contributed by atoms with Crippen LogP contribution in [0.15, 0.2) is 97.1 Å². The van der Waals surface area contributed by atoms with Gasteiger partial charge in [-0.3, -0.25) is 24.1 Å². The number of rotatable bonds is 17. The van der Waals surface area contributed by atoms with Crippen molar-refractivity contribution in [3.8, 4) is 11.1 Å². The van der Waals surface area contributed by atoms with Gasteiger partial charge >= 0.3 is 12.2 Å². The molecule has 4 aromatic carbocycles. The van der Waals surface area contributed by atoms with Crippen LogP contribution < -0.4 is 15.5 Å². The Labute approximate surface area is 375 Å². The largest absolute Gasteiger partial charge is 0.465 e.